The molecule has 0 fully saturated rings. The molecule has 5 aromatic carbocycles. The smallest absolute Gasteiger partial charge is 0.154 e. The average molecular weight is 851 g/mol. The van der Waals surface area contributed by atoms with E-state index in [1.165, 1.54) is 27.9 Å². The fourth-order valence-corrected chi connectivity index (χ4v) is 9.28. The van der Waals surface area contributed by atoms with Crippen molar-refractivity contribution in [2.45, 2.75) is 72.3 Å². The highest BCUT2D eigenvalue weighted by molar-refractivity contribution is 6.22. The normalized spacial score (nSPS) is 15.9. The molecule has 1 aliphatic carbocycles. The standard InChI is InChI=1S/C46H39NO2.C13H17N.C2H2/c1-4-29(2)23-24-40(47-38-21-13-11-19-34(38)35-20-12-14-22-39(35)47)45-30(3)43-41(48-45)25-26-42-44(43)37-28-33(31-15-7-5-8-16-31)27-36(46(37)49-42)32-17-9-6-10-18-32;1-4-5-6-7-8-11(2)13-12(3)9-10-14-13;1-2/h5-11,13-21,24-29,35,39H,4,22-23H2,1-3H3;5-10,14H,2,4H2,1,3H3;1-2H/b40-24+;6-5-,8-7-;. The molecule has 2 aliphatic rings. The number of furan rings is 2. The molecular formula is C61H58N2O2. The molecule has 0 radical (unpaired) electrons. The van der Waals surface area contributed by atoms with Gasteiger partial charge in [0.05, 0.1) is 5.70 Å². The summed E-state index contributed by atoms with van der Waals surface area (Å²) in [6, 6.07) is 41.2. The van der Waals surface area contributed by atoms with Crippen LogP contribution in [0.3, 0.4) is 0 Å². The molecule has 0 spiro atoms. The summed E-state index contributed by atoms with van der Waals surface area (Å²) in [6.07, 6.45) is 29.1. The van der Waals surface area contributed by atoms with Crippen molar-refractivity contribution in [3.63, 3.8) is 0 Å². The van der Waals surface area contributed by atoms with Gasteiger partial charge in [-0.05, 0) is 121 Å². The van der Waals surface area contributed by atoms with Crippen LogP contribution in [-0.2, 0) is 0 Å². The number of nitrogens with zero attached hydrogens (tertiary/aromatic N) is 1. The van der Waals surface area contributed by atoms with E-state index in [4.69, 9.17) is 8.83 Å². The fraction of sp³-hybridized carbons (Fsp3) is 0.197. The summed E-state index contributed by atoms with van der Waals surface area (Å²) in [7, 11) is 0. The summed E-state index contributed by atoms with van der Waals surface area (Å²) in [4.78, 5) is 5.73. The minimum atomic E-state index is 0.283. The van der Waals surface area contributed by atoms with Crippen LogP contribution < -0.4 is 4.90 Å². The zero-order chi connectivity index (χ0) is 45.5. The Morgan fingerprint density at radius 2 is 1.55 bits per heavy atom. The van der Waals surface area contributed by atoms with Crippen LogP contribution in [0.2, 0.25) is 0 Å². The van der Waals surface area contributed by atoms with Crippen LogP contribution in [0.4, 0.5) is 5.69 Å². The van der Waals surface area contributed by atoms with Crippen molar-refractivity contribution in [3.8, 4) is 35.1 Å². The lowest BCUT2D eigenvalue weighted by Crippen LogP contribution is -2.33. The molecule has 4 nitrogen and oxygen atoms in total. The minimum absolute atomic E-state index is 0.283. The Kier molecular flexibility index (Phi) is 13.6. The van der Waals surface area contributed by atoms with Gasteiger partial charge in [0.1, 0.15) is 16.7 Å². The van der Waals surface area contributed by atoms with E-state index in [2.05, 4.69) is 209 Å². The first-order valence-electron chi connectivity index (χ1n) is 22.9. The summed E-state index contributed by atoms with van der Waals surface area (Å²) in [5, 5.41) is 3.34. The molecule has 65 heavy (non-hydrogen) atoms. The lowest BCUT2D eigenvalue weighted by atomic mass is 9.90. The average Bonchev–Trinajstić information content (AvgIpc) is 4.13. The molecule has 4 heteroatoms. The molecule has 0 saturated carbocycles. The van der Waals surface area contributed by atoms with E-state index in [-0.39, 0.29) is 6.04 Å². The third-order valence-electron chi connectivity index (χ3n) is 12.8. The van der Waals surface area contributed by atoms with Crippen molar-refractivity contribution < 1.29 is 8.83 Å². The number of aryl methyl sites for hydroxylation is 2. The van der Waals surface area contributed by atoms with Crippen molar-refractivity contribution in [3.05, 3.63) is 204 Å². The molecule has 0 amide bonds. The van der Waals surface area contributed by atoms with E-state index in [0.717, 1.165) is 98.0 Å². The Labute approximate surface area is 384 Å². The Morgan fingerprint density at radius 1 is 0.846 bits per heavy atom. The fourth-order valence-electron chi connectivity index (χ4n) is 9.28. The lowest BCUT2D eigenvalue weighted by molar-refractivity contribution is 0.561. The third-order valence-corrected chi connectivity index (χ3v) is 12.8. The van der Waals surface area contributed by atoms with Crippen molar-refractivity contribution in [2.24, 2.45) is 5.92 Å². The van der Waals surface area contributed by atoms with Gasteiger partial charge in [-0.1, -0.05) is 143 Å². The third kappa shape index (κ3) is 8.77. The van der Waals surface area contributed by atoms with Crippen molar-refractivity contribution in [1.29, 1.82) is 0 Å². The molecule has 3 unspecified atom stereocenters. The topological polar surface area (TPSA) is 45.3 Å². The number of aromatic nitrogens is 1. The maximum atomic E-state index is 7.00. The second-order valence-corrected chi connectivity index (χ2v) is 17.0. The van der Waals surface area contributed by atoms with E-state index < -0.39 is 0 Å². The van der Waals surface area contributed by atoms with Crippen LogP contribution in [0, 0.1) is 32.6 Å². The minimum Gasteiger partial charge on any atom is -0.455 e. The van der Waals surface area contributed by atoms with Gasteiger partial charge in [0.25, 0.3) is 0 Å². The number of benzene rings is 5. The number of hydrogen-bond donors (Lipinski definition) is 1. The SMILES string of the molecule is C#C.C=C(/C=C\C=C/CC)c1[nH]ccc1C.CCC(C)C/C=C(\c1oc2ccc3oc4c(-c5ccccc5)cc(-c5ccccc5)cc4c3c2c1C)N1c2ccccc2C2C=C=CCC21. The van der Waals surface area contributed by atoms with Gasteiger partial charge in [-0.2, -0.15) is 0 Å². The largest absolute Gasteiger partial charge is 0.455 e. The number of para-hydroxylation sites is 1. The van der Waals surface area contributed by atoms with E-state index in [0.29, 0.717) is 11.8 Å². The maximum Gasteiger partial charge on any atom is 0.154 e. The van der Waals surface area contributed by atoms with Gasteiger partial charge < -0.3 is 18.7 Å². The maximum absolute atomic E-state index is 7.00. The number of nitrogens with one attached hydrogen (secondary N) is 1. The zero-order valence-electron chi connectivity index (χ0n) is 38.3. The number of anilines is 1. The summed E-state index contributed by atoms with van der Waals surface area (Å²) < 4.78 is 13.8. The predicted octanol–water partition coefficient (Wildman–Crippen LogP) is 16.9. The van der Waals surface area contributed by atoms with Crippen LogP contribution in [0.25, 0.3) is 66.4 Å². The summed E-state index contributed by atoms with van der Waals surface area (Å²) in [5.74, 6) is 1.81. The second-order valence-electron chi connectivity index (χ2n) is 17.0. The predicted molar refractivity (Wildman–Crippen MR) is 277 cm³/mol. The summed E-state index contributed by atoms with van der Waals surface area (Å²) >= 11 is 0. The van der Waals surface area contributed by atoms with Crippen LogP contribution in [-0.4, -0.2) is 11.0 Å². The lowest BCUT2D eigenvalue weighted by Gasteiger charge is -2.31. The van der Waals surface area contributed by atoms with Crippen molar-refractivity contribution in [1.82, 2.24) is 4.98 Å². The number of terminal acetylenes is 1. The van der Waals surface area contributed by atoms with Crippen LogP contribution in [0.1, 0.15) is 80.5 Å². The first-order valence-corrected chi connectivity index (χ1v) is 22.9. The Hall–Kier alpha value is -7.44. The summed E-state index contributed by atoms with van der Waals surface area (Å²) in [5.41, 5.74) is 19.0. The molecule has 1 aliphatic heterocycles. The Balaban J connectivity index is 0.000000308. The Bertz CT molecular complexity index is 3140. The molecule has 3 aromatic heterocycles. The number of allylic oxidation sites excluding steroid dienone is 6. The second kappa shape index (κ2) is 19.9. The van der Waals surface area contributed by atoms with Gasteiger partial charge in [0, 0.05) is 56.8 Å². The number of hydrogen-bond acceptors (Lipinski definition) is 3. The highest BCUT2D eigenvalue weighted by Crippen LogP contribution is 2.50. The molecule has 3 atom stereocenters. The molecule has 0 saturated heterocycles. The van der Waals surface area contributed by atoms with Crippen molar-refractivity contribution >= 4 is 49.9 Å². The molecule has 4 heterocycles. The van der Waals surface area contributed by atoms with E-state index in [1.54, 1.807) is 0 Å². The molecule has 0 bridgehead atoms. The van der Waals surface area contributed by atoms with E-state index >= 15 is 0 Å². The molecule has 10 rings (SSSR count). The van der Waals surface area contributed by atoms with Crippen LogP contribution in [0.5, 0.6) is 0 Å². The number of rotatable bonds is 11. The van der Waals surface area contributed by atoms with E-state index in [9.17, 15) is 0 Å². The number of aromatic amines is 1. The van der Waals surface area contributed by atoms with Gasteiger partial charge >= 0.3 is 0 Å². The van der Waals surface area contributed by atoms with Gasteiger partial charge in [-0.25, -0.2) is 0 Å². The quantitative estimate of drug-likeness (QED) is 0.0801. The highest BCUT2D eigenvalue weighted by atomic mass is 16.3. The van der Waals surface area contributed by atoms with Crippen molar-refractivity contribution in [2.75, 3.05) is 4.90 Å². The zero-order valence-corrected chi connectivity index (χ0v) is 38.3. The number of fused-ring (bicyclic) bond motifs is 8. The monoisotopic (exact) mass is 850 g/mol. The van der Waals surface area contributed by atoms with Gasteiger partial charge in [0.15, 0.2) is 5.76 Å². The molecular weight excluding hydrogens is 793 g/mol. The van der Waals surface area contributed by atoms with Gasteiger partial charge in [-0.15, -0.1) is 18.6 Å². The summed E-state index contributed by atoms with van der Waals surface area (Å²) in [6.45, 7) is 15.0. The first-order chi connectivity index (χ1) is 31.9. The first kappa shape index (κ1) is 44.2. The van der Waals surface area contributed by atoms with Gasteiger partial charge in [-0.3, -0.25) is 0 Å². The molecule has 1 N–H and O–H groups in total. The van der Waals surface area contributed by atoms with Gasteiger partial charge in [0.2, 0.25) is 0 Å². The van der Waals surface area contributed by atoms with Crippen LogP contribution in [0.15, 0.2) is 185 Å². The number of H-pyrrole nitrogens is 1. The van der Waals surface area contributed by atoms with Crippen LogP contribution >= 0.6 is 0 Å². The highest BCUT2D eigenvalue weighted by Gasteiger charge is 2.40. The Morgan fingerprint density at radius 3 is 2.26 bits per heavy atom. The molecule has 324 valence electrons. The van der Waals surface area contributed by atoms with E-state index in [1.807, 2.05) is 24.4 Å². The molecule has 8 aromatic rings.